The number of fused-ring (bicyclic) bond motifs is 3. The lowest BCUT2D eigenvalue weighted by Gasteiger charge is -2.11. The average Bonchev–Trinajstić information content (AvgIpc) is 3.01. The zero-order valence-corrected chi connectivity index (χ0v) is 15.4. The van der Waals surface area contributed by atoms with Crippen LogP contribution < -0.4 is 5.43 Å². The Morgan fingerprint density at radius 1 is 1.12 bits per heavy atom. The maximum Gasteiger partial charge on any atom is 0.158 e. The fourth-order valence-electron chi connectivity index (χ4n) is 3.31. The summed E-state index contributed by atoms with van der Waals surface area (Å²) < 4.78 is 0. The molecule has 0 radical (unpaired) electrons. The van der Waals surface area contributed by atoms with Gasteiger partial charge in [0.2, 0.25) is 0 Å². The largest absolute Gasteiger partial charge is 0.261 e. The minimum Gasteiger partial charge on any atom is -0.261 e. The first-order valence-electron chi connectivity index (χ1n) is 8.86. The van der Waals surface area contributed by atoms with Crippen molar-refractivity contribution >= 4 is 33.6 Å². The number of nitrogens with zero attached hydrogens (tertiary/aromatic N) is 3. The minimum atomic E-state index is 0.545. The SMILES string of the molecule is CC(C)c1ccc(/C=N/Nc2ncnc3sc4c(c23)CCCC4)cc1. The fourth-order valence-corrected chi connectivity index (χ4v) is 4.54. The van der Waals surface area contributed by atoms with E-state index in [1.165, 1.54) is 35.3 Å². The van der Waals surface area contributed by atoms with Crippen molar-refractivity contribution in [2.45, 2.75) is 45.4 Å². The van der Waals surface area contributed by atoms with Crippen molar-refractivity contribution in [2.75, 3.05) is 5.43 Å². The van der Waals surface area contributed by atoms with Crippen molar-refractivity contribution in [2.24, 2.45) is 5.10 Å². The van der Waals surface area contributed by atoms with E-state index in [-0.39, 0.29) is 0 Å². The maximum atomic E-state index is 4.45. The first kappa shape index (κ1) is 16.2. The molecule has 0 spiro atoms. The van der Waals surface area contributed by atoms with Crippen LogP contribution in [0, 0.1) is 0 Å². The first-order chi connectivity index (χ1) is 12.2. The molecule has 2 aromatic heterocycles. The molecule has 2 heterocycles. The predicted molar refractivity (Wildman–Crippen MR) is 106 cm³/mol. The van der Waals surface area contributed by atoms with Gasteiger partial charge in [-0.05, 0) is 48.3 Å². The van der Waals surface area contributed by atoms with Gasteiger partial charge in [-0.3, -0.25) is 5.43 Å². The molecule has 0 atom stereocenters. The van der Waals surface area contributed by atoms with E-state index in [9.17, 15) is 0 Å². The van der Waals surface area contributed by atoms with E-state index < -0.39 is 0 Å². The molecule has 0 amide bonds. The quantitative estimate of drug-likeness (QED) is 0.523. The van der Waals surface area contributed by atoms with Crippen molar-refractivity contribution in [3.8, 4) is 0 Å². The number of hydrazone groups is 1. The number of rotatable bonds is 4. The highest BCUT2D eigenvalue weighted by molar-refractivity contribution is 7.19. The highest BCUT2D eigenvalue weighted by Crippen LogP contribution is 2.38. The zero-order valence-electron chi connectivity index (χ0n) is 14.6. The highest BCUT2D eigenvalue weighted by atomic mass is 32.1. The molecule has 0 saturated carbocycles. The van der Waals surface area contributed by atoms with Crippen molar-refractivity contribution in [1.29, 1.82) is 0 Å². The van der Waals surface area contributed by atoms with Crippen LogP contribution in [0.4, 0.5) is 5.82 Å². The Hall–Kier alpha value is -2.27. The summed E-state index contributed by atoms with van der Waals surface area (Å²) in [5.41, 5.74) is 6.98. The third-order valence-electron chi connectivity index (χ3n) is 4.74. The van der Waals surface area contributed by atoms with Gasteiger partial charge >= 0.3 is 0 Å². The van der Waals surface area contributed by atoms with Gasteiger partial charge in [0, 0.05) is 4.88 Å². The Balaban J connectivity index is 1.57. The van der Waals surface area contributed by atoms with Gasteiger partial charge in [-0.25, -0.2) is 9.97 Å². The summed E-state index contributed by atoms with van der Waals surface area (Å²) in [7, 11) is 0. The van der Waals surface area contributed by atoms with Crippen LogP contribution in [0.3, 0.4) is 0 Å². The van der Waals surface area contributed by atoms with Crippen LogP contribution in [-0.4, -0.2) is 16.2 Å². The van der Waals surface area contributed by atoms with Crippen LogP contribution in [0.25, 0.3) is 10.2 Å². The molecule has 1 aliphatic rings. The average molecular weight is 350 g/mol. The molecule has 1 aromatic carbocycles. The molecule has 4 rings (SSSR count). The number of benzene rings is 1. The number of anilines is 1. The number of thiophene rings is 1. The van der Waals surface area contributed by atoms with Crippen LogP contribution in [0.2, 0.25) is 0 Å². The smallest absolute Gasteiger partial charge is 0.158 e. The van der Waals surface area contributed by atoms with E-state index in [0.29, 0.717) is 5.92 Å². The fraction of sp³-hybridized carbons (Fsp3) is 0.350. The van der Waals surface area contributed by atoms with E-state index in [1.54, 1.807) is 17.7 Å². The molecule has 5 heteroatoms. The van der Waals surface area contributed by atoms with Gasteiger partial charge in [-0.1, -0.05) is 38.1 Å². The summed E-state index contributed by atoms with van der Waals surface area (Å²) in [6.45, 7) is 4.40. The first-order valence-corrected chi connectivity index (χ1v) is 9.68. The third kappa shape index (κ3) is 3.29. The van der Waals surface area contributed by atoms with Gasteiger partial charge in [-0.2, -0.15) is 5.10 Å². The highest BCUT2D eigenvalue weighted by Gasteiger charge is 2.19. The minimum absolute atomic E-state index is 0.545. The molecule has 0 aliphatic heterocycles. The topological polar surface area (TPSA) is 50.2 Å². The number of aromatic nitrogens is 2. The summed E-state index contributed by atoms with van der Waals surface area (Å²) >= 11 is 1.81. The van der Waals surface area contributed by atoms with E-state index in [0.717, 1.165) is 28.0 Å². The molecular weight excluding hydrogens is 328 g/mol. The lowest BCUT2D eigenvalue weighted by Crippen LogP contribution is -2.01. The second kappa shape index (κ2) is 6.92. The molecule has 0 bridgehead atoms. The molecule has 1 N–H and O–H groups in total. The van der Waals surface area contributed by atoms with Gasteiger partial charge in [-0.15, -0.1) is 11.3 Å². The molecular formula is C20H22N4S. The Bertz CT molecular complexity index is 909. The van der Waals surface area contributed by atoms with Crippen LogP contribution >= 0.6 is 11.3 Å². The normalized spacial score (nSPS) is 14.4. The van der Waals surface area contributed by atoms with Gasteiger partial charge in [0.25, 0.3) is 0 Å². The third-order valence-corrected chi connectivity index (χ3v) is 5.94. The predicted octanol–water partition coefficient (Wildman–Crippen LogP) is 5.14. The van der Waals surface area contributed by atoms with E-state index >= 15 is 0 Å². The number of aryl methyl sites for hydroxylation is 2. The van der Waals surface area contributed by atoms with E-state index in [1.807, 2.05) is 6.21 Å². The van der Waals surface area contributed by atoms with Crippen molar-refractivity contribution in [3.05, 3.63) is 52.2 Å². The molecule has 0 unspecified atom stereocenters. The van der Waals surface area contributed by atoms with Crippen LogP contribution in [0.15, 0.2) is 35.7 Å². The van der Waals surface area contributed by atoms with E-state index in [2.05, 4.69) is 58.6 Å². The van der Waals surface area contributed by atoms with Gasteiger partial charge in [0.1, 0.15) is 11.2 Å². The summed E-state index contributed by atoms with van der Waals surface area (Å²) in [5, 5.41) is 5.57. The van der Waals surface area contributed by atoms with E-state index in [4.69, 9.17) is 0 Å². The zero-order chi connectivity index (χ0) is 17.2. The Morgan fingerprint density at radius 2 is 1.92 bits per heavy atom. The Kier molecular flexibility index (Phi) is 4.49. The van der Waals surface area contributed by atoms with Crippen LogP contribution in [0.1, 0.15) is 54.2 Å². The second-order valence-electron chi connectivity index (χ2n) is 6.80. The van der Waals surface area contributed by atoms with Crippen molar-refractivity contribution in [3.63, 3.8) is 0 Å². The Labute approximate surface area is 152 Å². The molecule has 3 aromatic rings. The molecule has 25 heavy (non-hydrogen) atoms. The molecule has 128 valence electrons. The van der Waals surface area contributed by atoms with Crippen LogP contribution in [-0.2, 0) is 12.8 Å². The van der Waals surface area contributed by atoms with Gasteiger partial charge < -0.3 is 0 Å². The summed E-state index contributed by atoms with van der Waals surface area (Å²) in [6, 6.07) is 8.51. The summed E-state index contributed by atoms with van der Waals surface area (Å²) in [4.78, 5) is 11.4. The number of nitrogens with one attached hydrogen (secondary N) is 1. The maximum absolute atomic E-state index is 4.45. The summed E-state index contributed by atoms with van der Waals surface area (Å²) in [6.07, 6.45) is 8.29. The van der Waals surface area contributed by atoms with Gasteiger partial charge in [0.05, 0.1) is 11.6 Å². The van der Waals surface area contributed by atoms with Crippen molar-refractivity contribution in [1.82, 2.24) is 9.97 Å². The molecule has 0 fully saturated rings. The van der Waals surface area contributed by atoms with Gasteiger partial charge in [0.15, 0.2) is 5.82 Å². The van der Waals surface area contributed by atoms with Crippen LogP contribution in [0.5, 0.6) is 0 Å². The second-order valence-corrected chi connectivity index (χ2v) is 7.89. The monoisotopic (exact) mass is 350 g/mol. The lowest BCUT2D eigenvalue weighted by molar-refractivity contribution is 0.700. The standard InChI is InChI=1S/C20H22N4S/c1-13(2)15-9-7-14(8-10-15)11-23-24-19-18-16-5-3-4-6-17(16)25-20(18)22-12-21-19/h7-13H,3-6H2,1-2H3,(H,21,22,24)/b23-11+. The summed E-state index contributed by atoms with van der Waals surface area (Å²) in [5.74, 6) is 1.36. The van der Waals surface area contributed by atoms with Crippen molar-refractivity contribution < 1.29 is 0 Å². The number of hydrogen-bond donors (Lipinski definition) is 1. The lowest BCUT2D eigenvalue weighted by atomic mass is 9.97. The number of hydrogen-bond acceptors (Lipinski definition) is 5. The Morgan fingerprint density at radius 3 is 2.72 bits per heavy atom. The molecule has 0 saturated heterocycles. The molecule has 1 aliphatic carbocycles. The molecule has 4 nitrogen and oxygen atoms in total.